The second-order valence-corrected chi connectivity index (χ2v) is 2.59. The highest BCUT2D eigenvalue weighted by Gasteiger charge is 2.20. The molecule has 0 saturated heterocycles. The van der Waals surface area contributed by atoms with E-state index in [9.17, 15) is 9.90 Å². The monoisotopic (exact) mass is 184 g/mol. The molecule has 0 unspecified atom stereocenters. The van der Waals surface area contributed by atoms with Crippen molar-refractivity contribution in [1.29, 1.82) is 0 Å². The molecule has 4 N–H and O–H groups in total. The average Bonchev–Trinajstić information content (AvgIpc) is 2.01. The van der Waals surface area contributed by atoms with Crippen molar-refractivity contribution in [2.24, 2.45) is 0 Å². The number of carboxylic acids is 1. The summed E-state index contributed by atoms with van der Waals surface area (Å²) >= 11 is 0. The normalized spacial score (nSPS) is 9.92. The summed E-state index contributed by atoms with van der Waals surface area (Å²) in [5, 5.41) is 35.9. The van der Waals surface area contributed by atoms with Gasteiger partial charge in [0.05, 0.1) is 0 Å². The van der Waals surface area contributed by atoms with E-state index in [1.807, 2.05) is 0 Å². The number of benzene rings is 1. The summed E-state index contributed by atoms with van der Waals surface area (Å²) < 4.78 is 0. The van der Waals surface area contributed by atoms with Gasteiger partial charge in [0, 0.05) is 0 Å². The molecule has 0 heterocycles. The SMILES string of the molecule is Cc1cc(O)c(O)c(C(=O)O)c1O. The van der Waals surface area contributed by atoms with Crippen LogP contribution in [0.25, 0.3) is 0 Å². The maximum absolute atomic E-state index is 10.5. The van der Waals surface area contributed by atoms with Crippen molar-refractivity contribution in [2.45, 2.75) is 6.92 Å². The Hall–Kier alpha value is -1.91. The third-order valence-corrected chi connectivity index (χ3v) is 1.66. The topological polar surface area (TPSA) is 98.0 Å². The van der Waals surface area contributed by atoms with E-state index >= 15 is 0 Å². The fourth-order valence-corrected chi connectivity index (χ4v) is 0.982. The molecule has 5 heteroatoms. The molecule has 0 bridgehead atoms. The molecule has 0 aliphatic carbocycles. The molecule has 1 aromatic carbocycles. The van der Waals surface area contributed by atoms with E-state index in [4.69, 9.17) is 15.3 Å². The predicted octanol–water partition coefficient (Wildman–Crippen LogP) is 0.810. The summed E-state index contributed by atoms with van der Waals surface area (Å²) in [4.78, 5) is 10.5. The molecule has 0 aliphatic heterocycles. The number of rotatable bonds is 1. The molecule has 70 valence electrons. The lowest BCUT2D eigenvalue weighted by atomic mass is 10.1. The van der Waals surface area contributed by atoms with Crippen LogP contribution in [0.5, 0.6) is 17.2 Å². The molecule has 1 aromatic rings. The maximum atomic E-state index is 10.5. The fourth-order valence-electron chi connectivity index (χ4n) is 0.982. The standard InChI is InChI=1S/C8H8O5/c1-3-2-4(9)7(11)5(6(3)10)8(12)13/h2,9-11H,1H3,(H,12,13). The third kappa shape index (κ3) is 1.35. The van der Waals surface area contributed by atoms with E-state index in [2.05, 4.69) is 0 Å². The molecule has 0 saturated carbocycles. The van der Waals surface area contributed by atoms with E-state index in [0.29, 0.717) is 0 Å². The predicted molar refractivity (Wildman–Crippen MR) is 43.1 cm³/mol. The van der Waals surface area contributed by atoms with Crippen LogP contribution in [0.2, 0.25) is 0 Å². The zero-order valence-electron chi connectivity index (χ0n) is 6.77. The van der Waals surface area contributed by atoms with Crippen LogP contribution in [0.3, 0.4) is 0 Å². The van der Waals surface area contributed by atoms with Gasteiger partial charge in [0.1, 0.15) is 11.3 Å². The van der Waals surface area contributed by atoms with Gasteiger partial charge in [0.2, 0.25) is 0 Å². The van der Waals surface area contributed by atoms with E-state index in [-0.39, 0.29) is 5.56 Å². The first-order valence-electron chi connectivity index (χ1n) is 3.43. The Kier molecular flexibility index (Phi) is 2.02. The Bertz CT molecular complexity index is 343. The molecule has 0 atom stereocenters. The third-order valence-electron chi connectivity index (χ3n) is 1.66. The Balaban J connectivity index is 3.56. The van der Waals surface area contributed by atoms with Crippen LogP contribution in [0.15, 0.2) is 6.07 Å². The number of carbonyl (C=O) groups is 1. The summed E-state index contributed by atoms with van der Waals surface area (Å²) in [5.74, 6) is -3.42. The van der Waals surface area contributed by atoms with Gasteiger partial charge in [-0.2, -0.15) is 0 Å². The zero-order chi connectivity index (χ0) is 10.2. The molecule has 0 spiro atoms. The second-order valence-electron chi connectivity index (χ2n) is 2.59. The van der Waals surface area contributed by atoms with Gasteiger partial charge in [-0.05, 0) is 18.6 Å². The van der Waals surface area contributed by atoms with Crippen molar-refractivity contribution in [3.05, 3.63) is 17.2 Å². The molecule has 0 fully saturated rings. The van der Waals surface area contributed by atoms with Gasteiger partial charge >= 0.3 is 5.97 Å². The van der Waals surface area contributed by atoms with E-state index < -0.39 is 28.8 Å². The largest absolute Gasteiger partial charge is 0.507 e. The van der Waals surface area contributed by atoms with Gasteiger partial charge < -0.3 is 20.4 Å². The Morgan fingerprint density at radius 1 is 1.23 bits per heavy atom. The van der Waals surface area contributed by atoms with Crippen LogP contribution >= 0.6 is 0 Å². The lowest BCUT2D eigenvalue weighted by Gasteiger charge is -2.06. The fraction of sp³-hybridized carbons (Fsp3) is 0.125. The van der Waals surface area contributed by atoms with E-state index in [0.717, 1.165) is 6.07 Å². The van der Waals surface area contributed by atoms with Gasteiger partial charge in [0.25, 0.3) is 0 Å². The van der Waals surface area contributed by atoms with Crippen LogP contribution in [0.1, 0.15) is 15.9 Å². The minimum Gasteiger partial charge on any atom is -0.507 e. The summed E-state index contributed by atoms with van der Waals surface area (Å²) in [6, 6.07) is 1.08. The van der Waals surface area contributed by atoms with Crippen LogP contribution in [-0.4, -0.2) is 26.4 Å². The molecule has 0 radical (unpaired) electrons. The quantitative estimate of drug-likeness (QED) is 0.382. The van der Waals surface area contributed by atoms with E-state index in [1.165, 1.54) is 6.92 Å². The molecule has 0 aromatic heterocycles. The summed E-state index contributed by atoms with van der Waals surface area (Å²) in [7, 11) is 0. The van der Waals surface area contributed by atoms with Gasteiger partial charge in [0.15, 0.2) is 11.5 Å². The lowest BCUT2D eigenvalue weighted by Crippen LogP contribution is -1.98. The zero-order valence-corrected chi connectivity index (χ0v) is 6.77. The van der Waals surface area contributed by atoms with Crippen molar-refractivity contribution in [3.63, 3.8) is 0 Å². The van der Waals surface area contributed by atoms with Crippen molar-refractivity contribution in [3.8, 4) is 17.2 Å². The second kappa shape index (κ2) is 2.85. The van der Waals surface area contributed by atoms with E-state index in [1.54, 1.807) is 0 Å². The van der Waals surface area contributed by atoms with Gasteiger partial charge in [-0.25, -0.2) is 4.79 Å². The highest BCUT2D eigenvalue weighted by Crippen LogP contribution is 2.37. The maximum Gasteiger partial charge on any atom is 0.343 e. The minimum absolute atomic E-state index is 0.188. The van der Waals surface area contributed by atoms with Crippen LogP contribution in [0, 0.1) is 6.92 Å². The first-order chi connectivity index (χ1) is 5.95. The van der Waals surface area contributed by atoms with Crippen molar-refractivity contribution < 1.29 is 25.2 Å². The number of phenols is 3. The highest BCUT2D eigenvalue weighted by molar-refractivity contribution is 5.95. The van der Waals surface area contributed by atoms with Gasteiger partial charge in [-0.1, -0.05) is 0 Å². The first kappa shape index (κ1) is 9.18. The summed E-state index contributed by atoms with van der Waals surface area (Å²) in [6.07, 6.45) is 0. The molecule has 0 amide bonds. The number of aromatic carboxylic acids is 1. The molecular weight excluding hydrogens is 176 g/mol. The summed E-state index contributed by atoms with van der Waals surface area (Å²) in [5.41, 5.74) is -0.495. The summed E-state index contributed by atoms with van der Waals surface area (Å²) in [6.45, 7) is 1.42. The number of aromatic hydroxyl groups is 3. The Morgan fingerprint density at radius 3 is 2.23 bits per heavy atom. The molecule has 13 heavy (non-hydrogen) atoms. The number of phenolic OH excluding ortho intramolecular Hbond substituents is 1. The molecule has 1 rings (SSSR count). The van der Waals surface area contributed by atoms with Crippen LogP contribution in [0.4, 0.5) is 0 Å². The van der Waals surface area contributed by atoms with Crippen LogP contribution in [-0.2, 0) is 0 Å². The molecule has 0 aliphatic rings. The first-order valence-corrected chi connectivity index (χ1v) is 3.43. The molecular formula is C8H8O5. The van der Waals surface area contributed by atoms with Crippen molar-refractivity contribution in [1.82, 2.24) is 0 Å². The lowest BCUT2D eigenvalue weighted by molar-refractivity contribution is 0.0689. The number of hydrogen-bond donors (Lipinski definition) is 4. The molecule has 5 nitrogen and oxygen atoms in total. The van der Waals surface area contributed by atoms with Crippen LogP contribution < -0.4 is 0 Å². The van der Waals surface area contributed by atoms with Crippen molar-refractivity contribution in [2.75, 3.05) is 0 Å². The van der Waals surface area contributed by atoms with Gasteiger partial charge in [-0.15, -0.1) is 0 Å². The Morgan fingerprint density at radius 2 is 1.77 bits per heavy atom. The van der Waals surface area contributed by atoms with Gasteiger partial charge in [-0.3, -0.25) is 0 Å². The highest BCUT2D eigenvalue weighted by atomic mass is 16.4. The number of hydrogen-bond acceptors (Lipinski definition) is 4. The minimum atomic E-state index is -1.49. The Labute approximate surface area is 73.5 Å². The number of carboxylic acid groups (broad SMARTS) is 1. The smallest absolute Gasteiger partial charge is 0.343 e. The number of aryl methyl sites for hydroxylation is 1. The average molecular weight is 184 g/mol. The van der Waals surface area contributed by atoms with Crippen molar-refractivity contribution >= 4 is 5.97 Å².